The maximum atomic E-state index is 3.24. The number of rotatable bonds is 7. The molecule has 1 rings (SSSR count). The van der Waals surface area contributed by atoms with Gasteiger partial charge in [0.05, 0.1) is 26.7 Å². The fourth-order valence-electron chi connectivity index (χ4n) is 2.26. The van der Waals surface area contributed by atoms with Crippen molar-refractivity contribution in [2.75, 3.05) is 52.8 Å². The van der Waals surface area contributed by atoms with Crippen molar-refractivity contribution >= 4 is 11.8 Å². The minimum Gasteiger partial charge on any atom is -0.318 e. The number of likely N-dealkylation sites (N-methyl/N-ethyl adjacent to an activating group) is 2. The first-order valence-corrected chi connectivity index (χ1v) is 7.19. The molecule has 1 heterocycles. The van der Waals surface area contributed by atoms with Gasteiger partial charge in [0.15, 0.2) is 6.17 Å². The largest absolute Gasteiger partial charge is 0.318 e. The summed E-state index contributed by atoms with van der Waals surface area (Å²) in [4.78, 5) is 2.64. The topological polar surface area (TPSA) is 15.0 Å². The molecule has 0 aromatic heterocycles. The molecule has 3 atom stereocenters. The van der Waals surface area contributed by atoms with Crippen LogP contribution < -0.4 is 5.32 Å². The molecule has 90 valence electrons. The van der Waals surface area contributed by atoms with Gasteiger partial charge in [0.2, 0.25) is 0 Å². The standard InChI is InChI=1S/C11H26N3S/c1-6-14(3,4)11-10(9-15-5)13(11)8-7-12-2/h10-12H,6-9H2,1-5H3/q+1. The molecule has 1 aliphatic heterocycles. The van der Waals surface area contributed by atoms with Gasteiger partial charge < -0.3 is 9.80 Å². The summed E-state index contributed by atoms with van der Waals surface area (Å²) in [5, 5.41) is 3.24. The van der Waals surface area contributed by atoms with Gasteiger partial charge in [0, 0.05) is 18.8 Å². The molecular formula is C11H26N3S+. The van der Waals surface area contributed by atoms with E-state index in [0.29, 0.717) is 0 Å². The van der Waals surface area contributed by atoms with Crippen LogP contribution in [0.4, 0.5) is 0 Å². The minimum absolute atomic E-state index is 0.746. The summed E-state index contributed by atoms with van der Waals surface area (Å²) in [6.45, 7) is 5.79. The second-order valence-electron chi connectivity index (χ2n) is 4.87. The Kier molecular flexibility index (Phi) is 4.90. The number of thioether (sulfide) groups is 1. The highest BCUT2D eigenvalue weighted by Crippen LogP contribution is 2.35. The molecule has 0 radical (unpaired) electrons. The molecule has 0 aromatic rings. The molecule has 3 nitrogen and oxygen atoms in total. The van der Waals surface area contributed by atoms with Crippen LogP contribution in [0.25, 0.3) is 0 Å². The first kappa shape index (κ1) is 13.3. The first-order chi connectivity index (χ1) is 7.08. The highest BCUT2D eigenvalue weighted by Gasteiger charge is 2.56. The third-order valence-electron chi connectivity index (χ3n) is 3.51. The van der Waals surface area contributed by atoms with Crippen LogP contribution in [0.15, 0.2) is 0 Å². The van der Waals surface area contributed by atoms with Gasteiger partial charge in [0.1, 0.15) is 0 Å². The normalized spacial score (nSPS) is 30.6. The maximum absolute atomic E-state index is 3.24. The minimum atomic E-state index is 0.746. The maximum Gasteiger partial charge on any atom is 0.162 e. The Balaban J connectivity index is 2.48. The van der Waals surface area contributed by atoms with E-state index in [1.54, 1.807) is 0 Å². The van der Waals surface area contributed by atoms with E-state index in [4.69, 9.17) is 0 Å². The molecule has 0 aromatic carbocycles. The van der Waals surface area contributed by atoms with Gasteiger partial charge in [-0.2, -0.15) is 11.8 Å². The van der Waals surface area contributed by atoms with Crippen molar-refractivity contribution in [3.05, 3.63) is 0 Å². The van der Waals surface area contributed by atoms with Crippen LogP contribution in [-0.2, 0) is 0 Å². The highest BCUT2D eigenvalue weighted by atomic mass is 32.2. The molecule has 1 saturated heterocycles. The van der Waals surface area contributed by atoms with Crippen LogP contribution in [0.1, 0.15) is 6.92 Å². The van der Waals surface area contributed by atoms with Gasteiger partial charge in [-0.15, -0.1) is 0 Å². The number of hydrogen-bond donors (Lipinski definition) is 1. The average Bonchev–Trinajstić information content (AvgIpc) is 2.90. The second-order valence-corrected chi connectivity index (χ2v) is 5.78. The number of quaternary nitrogens is 1. The van der Waals surface area contributed by atoms with Crippen LogP contribution in [0.2, 0.25) is 0 Å². The Morgan fingerprint density at radius 3 is 2.53 bits per heavy atom. The molecule has 0 spiro atoms. The van der Waals surface area contributed by atoms with E-state index in [9.17, 15) is 0 Å². The lowest BCUT2D eigenvalue weighted by Crippen LogP contribution is -2.45. The summed E-state index contributed by atoms with van der Waals surface area (Å²) >= 11 is 1.97. The summed E-state index contributed by atoms with van der Waals surface area (Å²) in [6, 6.07) is 0.795. The average molecular weight is 232 g/mol. The molecule has 0 bridgehead atoms. The van der Waals surface area contributed by atoms with E-state index in [2.05, 4.69) is 37.5 Å². The summed E-state index contributed by atoms with van der Waals surface area (Å²) in [6.07, 6.45) is 2.95. The number of hydrogen-bond acceptors (Lipinski definition) is 3. The van der Waals surface area contributed by atoms with Gasteiger partial charge in [-0.1, -0.05) is 0 Å². The molecule has 4 heteroatoms. The fraction of sp³-hybridized carbons (Fsp3) is 1.00. The van der Waals surface area contributed by atoms with Crippen molar-refractivity contribution in [3.63, 3.8) is 0 Å². The molecule has 1 fully saturated rings. The quantitative estimate of drug-likeness (QED) is 0.513. The zero-order chi connectivity index (χ0) is 11.5. The Morgan fingerprint density at radius 2 is 2.07 bits per heavy atom. The molecular weight excluding hydrogens is 206 g/mol. The molecule has 0 saturated carbocycles. The number of nitrogens with one attached hydrogen (secondary N) is 1. The molecule has 15 heavy (non-hydrogen) atoms. The lowest BCUT2D eigenvalue weighted by atomic mass is 10.4. The van der Waals surface area contributed by atoms with Crippen molar-refractivity contribution in [1.82, 2.24) is 10.2 Å². The molecule has 1 N–H and O–H groups in total. The predicted octanol–water partition coefficient (Wildman–Crippen LogP) is 0.675. The zero-order valence-corrected chi connectivity index (χ0v) is 11.6. The van der Waals surface area contributed by atoms with Crippen molar-refractivity contribution in [3.8, 4) is 0 Å². The molecule has 0 amide bonds. The van der Waals surface area contributed by atoms with Crippen molar-refractivity contribution in [2.45, 2.75) is 19.1 Å². The van der Waals surface area contributed by atoms with Gasteiger partial charge in [0.25, 0.3) is 0 Å². The van der Waals surface area contributed by atoms with Crippen molar-refractivity contribution < 1.29 is 4.48 Å². The lowest BCUT2D eigenvalue weighted by Gasteiger charge is -2.28. The SMILES string of the molecule is CC[N+](C)(C)C1C(CSC)N1CCNC. The Bertz CT molecular complexity index is 196. The number of nitrogens with zero attached hydrogens (tertiary/aromatic N) is 2. The first-order valence-electron chi connectivity index (χ1n) is 5.80. The predicted molar refractivity (Wildman–Crippen MR) is 69.2 cm³/mol. The van der Waals surface area contributed by atoms with E-state index in [1.807, 2.05) is 18.8 Å². The lowest BCUT2D eigenvalue weighted by molar-refractivity contribution is -0.904. The van der Waals surface area contributed by atoms with Crippen molar-refractivity contribution in [1.29, 1.82) is 0 Å². The fourth-order valence-corrected chi connectivity index (χ4v) is 2.97. The van der Waals surface area contributed by atoms with Crippen LogP contribution >= 0.6 is 11.8 Å². The van der Waals surface area contributed by atoms with Crippen LogP contribution in [-0.4, -0.2) is 74.4 Å². The third kappa shape index (κ3) is 3.09. The van der Waals surface area contributed by atoms with Gasteiger partial charge >= 0.3 is 0 Å². The van der Waals surface area contributed by atoms with Crippen LogP contribution in [0.3, 0.4) is 0 Å². The van der Waals surface area contributed by atoms with Gasteiger partial charge in [-0.25, -0.2) is 4.90 Å². The summed E-state index contributed by atoms with van der Waals surface area (Å²) in [7, 11) is 6.72. The van der Waals surface area contributed by atoms with E-state index >= 15 is 0 Å². The Hall–Kier alpha value is 0.230. The monoisotopic (exact) mass is 232 g/mol. The zero-order valence-electron chi connectivity index (χ0n) is 10.8. The Labute approximate surface area is 98.8 Å². The molecule has 0 aliphatic carbocycles. The molecule has 1 aliphatic rings. The van der Waals surface area contributed by atoms with Gasteiger partial charge in [-0.3, -0.25) is 0 Å². The van der Waals surface area contributed by atoms with E-state index < -0.39 is 0 Å². The second kappa shape index (κ2) is 5.53. The van der Waals surface area contributed by atoms with E-state index in [0.717, 1.165) is 23.2 Å². The molecule has 3 unspecified atom stereocenters. The highest BCUT2D eigenvalue weighted by molar-refractivity contribution is 7.98. The summed E-state index contributed by atoms with van der Waals surface area (Å²) < 4.78 is 1.13. The van der Waals surface area contributed by atoms with E-state index in [1.165, 1.54) is 18.8 Å². The van der Waals surface area contributed by atoms with Gasteiger partial charge in [-0.05, 0) is 20.2 Å². The van der Waals surface area contributed by atoms with E-state index in [-0.39, 0.29) is 0 Å². The third-order valence-corrected chi connectivity index (χ3v) is 4.18. The smallest absolute Gasteiger partial charge is 0.162 e. The van der Waals surface area contributed by atoms with Crippen molar-refractivity contribution in [2.24, 2.45) is 0 Å². The Morgan fingerprint density at radius 1 is 1.40 bits per heavy atom. The van der Waals surface area contributed by atoms with Crippen LogP contribution in [0.5, 0.6) is 0 Å². The summed E-state index contributed by atoms with van der Waals surface area (Å²) in [5.41, 5.74) is 0. The summed E-state index contributed by atoms with van der Waals surface area (Å²) in [5.74, 6) is 1.27. The van der Waals surface area contributed by atoms with Crippen LogP contribution in [0, 0.1) is 0 Å².